The maximum absolute atomic E-state index is 11.3. The molecule has 1 amide bonds. The number of carbonyl (C=O) groups is 1. The van der Waals surface area contributed by atoms with Gasteiger partial charge in [0.25, 0.3) is 0 Å². The molecule has 0 aliphatic rings. The first kappa shape index (κ1) is 17.0. The minimum absolute atomic E-state index is 0.0392. The van der Waals surface area contributed by atoms with Crippen molar-refractivity contribution in [2.75, 3.05) is 12.4 Å². The molecule has 130 valence electrons. The van der Waals surface area contributed by atoms with Crippen molar-refractivity contribution >= 4 is 16.9 Å². The average Bonchev–Trinajstić information content (AvgIpc) is 2.84. The minimum atomic E-state index is -0.0512. The van der Waals surface area contributed by atoms with Crippen LogP contribution in [0.2, 0.25) is 0 Å². The van der Waals surface area contributed by atoms with Crippen molar-refractivity contribution in [2.24, 2.45) is 0 Å². The number of benzene rings is 1. The van der Waals surface area contributed by atoms with Crippen molar-refractivity contribution in [2.45, 2.75) is 33.6 Å². The monoisotopic (exact) mass is 337 g/mol. The predicted molar refractivity (Wildman–Crippen MR) is 99.7 cm³/mol. The van der Waals surface area contributed by atoms with Crippen molar-refractivity contribution in [1.29, 1.82) is 0 Å². The smallest absolute Gasteiger partial charge is 0.216 e. The van der Waals surface area contributed by atoms with E-state index in [0.29, 0.717) is 18.0 Å². The number of carbonyl (C=O) groups excluding carboxylic acids is 1. The van der Waals surface area contributed by atoms with E-state index in [1.54, 1.807) is 4.68 Å². The topological polar surface area (TPSA) is 85.8 Å². The fourth-order valence-electron chi connectivity index (χ4n) is 2.99. The first-order valence-corrected chi connectivity index (χ1v) is 8.34. The van der Waals surface area contributed by atoms with Crippen LogP contribution in [0.3, 0.4) is 0 Å². The molecule has 0 aliphatic carbocycles. The summed E-state index contributed by atoms with van der Waals surface area (Å²) in [7, 11) is 0. The third kappa shape index (κ3) is 3.07. The number of hydrogen-bond donors (Lipinski definition) is 2. The quantitative estimate of drug-likeness (QED) is 0.717. The van der Waals surface area contributed by atoms with Gasteiger partial charge in [-0.2, -0.15) is 0 Å². The molecule has 0 saturated carbocycles. The van der Waals surface area contributed by atoms with Gasteiger partial charge in [-0.15, -0.1) is 0 Å². The lowest BCUT2D eigenvalue weighted by atomic mass is 10.0. The minimum Gasteiger partial charge on any atom is -0.356 e. The molecule has 0 fully saturated rings. The highest BCUT2D eigenvalue weighted by atomic mass is 16.1. The molecule has 0 bridgehead atoms. The first-order valence-electron chi connectivity index (χ1n) is 8.34. The van der Waals surface area contributed by atoms with Crippen molar-refractivity contribution in [3.63, 3.8) is 0 Å². The van der Waals surface area contributed by atoms with E-state index in [1.165, 1.54) is 6.92 Å². The number of nitrogens with one attached hydrogen (secondary N) is 1. The van der Waals surface area contributed by atoms with Crippen LogP contribution in [0.1, 0.15) is 36.7 Å². The van der Waals surface area contributed by atoms with Crippen LogP contribution < -0.4 is 11.2 Å². The fourth-order valence-corrected chi connectivity index (χ4v) is 2.99. The molecular formula is C19H23N5O. The Bertz CT molecular complexity index is 930. The Morgan fingerprint density at radius 3 is 2.56 bits per heavy atom. The lowest BCUT2D eigenvalue weighted by molar-refractivity contribution is -0.119. The molecule has 0 unspecified atom stereocenters. The van der Waals surface area contributed by atoms with E-state index in [-0.39, 0.29) is 11.8 Å². The highest BCUT2D eigenvalue weighted by molar-refractivity contribution is 5.86. The van der Waals surface area contributed by atoms with Gasteiger partial charge in [0.2, 0.25) is 5.91 Å². The summed E-state index contributed by atoms with van der Waals surface area (Å²) in [4.78, 5) is 20.8. The average molecular weight is 337 g/mol. The Morgan fingerprint density at radius 2 is 1.92 bits per heavy atom. The lowest BCUT2D eigenvalue weighted by Gasteiger charge is -2.15. The number of hydrogen-bond acceptors (Lipinski definition) is 4. The van der Waals surface area contributed by atoms with Crippen molar-refractivity contribution in [3.05, 3.63) is 47.3 Å². The highest BCUT2D eigenvalue weighted by Crippen LogP contribution is 2.31. The summed E-state index contributed by atoms with van der Waals surface area (Å²) in [6.45, 7) is 8.09. The molecule has 0 spiro atoms. The summed E-state index contributed by atoms with van der Waals surface area (Å²) in [5.74, 6) is 6.86. The molecule has 25 heavy (non-hydrogen) atoms. The van der Waals surface area contributed by atoms with Crippen molar-refractivity contribution in [1.82, 2.24) is 20.0 Å². The lowest BCUT2D eigenvalue weighted by Crippen LogP contribution is -2.25. The van der Waals surface area contributed by atoms with Crippen LogP contribution in [0.4, 0.5) is 0 Å². The van der Waals surface area contributed by atoms with Gasteiger partial charge in [-0.3, -0.25) is 4.79 Å². The van der Waals surface area contributed by atoms with Crippen molar-refractivity contribution < 1.29 is 4.79 Å². The molecule has 0 aliphatic heterocycles. The van der Waals surface area contributed by atoms with Gasteiger partial charge in [0, 0.05) is 36.0 Å². The Morgan fingerprint density at radius 1 is 1.24 bits per heavy atom. The van der Waals surface area contributed by atoms with Gasteiger partial charge >= 0.3 is 0 Å². The molecule has 2 aromatic heterocycles. The highest BCUT2D eigenvalue weighted by Gasteiger charge is 2.21. The molecule has 0 saturated heterocycles. The van der Waals surface area contributed by atoms with E-state index in [0.717, 1.165) is 27.9 Å². The Balaban J connectivity index is 2.21. The number of nitrogens with two attached hydrogens (primary N) is 1. The molecule has 6 heteroatoms. The molecule has 2 heterocycles. The maximum Gasteiger partial charge on any atom is 0.216 e. The summed E-state index contributed by atoms with van der Waals surface area (Å²) in [6, 6.07) is 9.84. The summed E-state index contributed by atoms with van der Waals surface area (Å²) in [6.07, 6.45) is 0. The zero-order valence-electron chi connectivity index (χ0n) is 15.0. The molecular weight excluding hydrogens is 314 g/mol. The second kappa shape index (κ2) is 6.55. The molecule has 1 aromatic carbocycles. The molecule has 3 N–H and O–H groups in total. The van der Waals surface area contributed by atoms with Gasteiger partial charge in [-0.05, 0) is 19.4 Å². The SMILES string of the molecule is CC(=O)NC[C@@H](C)c1nc(-c2ccccc2)nc2c1c(C)c(C)n2N. The van der Waals surface area contributed by atoms with E-state index < -0.39 is 0 Å². The van der Waals surface area contributed by atoms with Gasteiger partial charge in [0.15, 0.2) is 11.5 Å². The number of aryl methyl sites for hydroxylation is 1. The van der Waals surface area contributed by atoms with Crippen LogP contribution >= 0.6 is 0 Å². The Hall–Kier alpha value is -2.89. The predicted octanol–water partition coefficient (Wildman–Crippen LogP) is 2.67. The Kier molecular flexibility index (Phi) is 4.44. The third-order valence-corrected chi connectivity index (χ3v) is 4.58. The Labute approximate surface area is 147 Å². The molecule has 3 rings (SSSR count). The zero-order valence-corrected chi connectivity index (χ0v) is 15.0. The fraction of sp³-hybridized carbons (Fsp3) is 0.316. The number of rotatable bonds is 4. The first-order chi connectivity index (χ1) is 11.9. The van der Waals surface area contributed by atoms with Crippen LogP contribution in [-0.4, -0.2) is 27.1 Å². The number of fused-ring (bicyclic) bond motifs is 1. The van der Waals surface area contributed by atoms with E-state index >= 15 is 0 Å². The number of nitrogen functional groups attached to an aromatic ring is 1. The van der Waals surface area contributed by atoms with Gasteiger partial charge in [0.1, 0.15) is 0 Å². The number of aromatic nitrogens is 3. The van der Waals surface area contributed by atoms with Gasteiger partial charge < -0.3 is 11.2 Å². The number of amides is 1. The second-order valence-electron chi connectivity index (χ2n) is 6.42. The molecule has 1 atom stereocenters. The standard InChI is InChI=1S/C19H23N5O/c1-11(10-21-14(4)25)17-16-12(2)13(3)24(20)19(16)23-18(22-17)15-8-6-5-7-9-15/h5-9,11H,10,20H2,1-4H3,(H,21,25)/t11-/m1/s1. The van der Waals surface area contributed by atoms with Crippen LogP contribution in [-0.2, 0) is 4.79 Å². The summed E-state index contributed by atoms with van der Waals surface area (Å²) >= 11 is 0. The normalized spacial score (nSPS) is 12.3. The van der Waals surface area contributed by atoms with Crippen LogP contribution in [0.15, 0.2) is 30.3 Å². The summed E-state index contributed by atoms with van der Waals surface area (Å²) in [5, 5.41) is 3.84. The van der Waals surface area contributed by atoms with Gasteiger partial charge in [0.05, 0.1) is 5.69 Å². The molecule has 6 nitrogen and oxygen atoms in total. The van der Waals surface area contributed by atoms with E-state index in [1.807, 2.05) is 44.2 Å². The molecule has 3 aromatic rings. The van der Waals surface area contributed by atoms with E-state index in [9.17, 15) is 4.79 Å². The maximum atomic E-state index is 11.3. The zero-order chi connectivity index (χ0) is 18.1. The number of nitrogens with zero attached hydrogens (tertiary/aromatic N) is 3. The van der Waals surface area contributed by atoms with Crippen molar-refractivity contribution in [3.8, 4) is 11.4 Å². The summed E-state index contributed by atoms with van der Waals surface area (Å²) in [5.41, 5.74) is 4.59. The van der Waals surface area contributed by atoms with Crippen LogP contribution in [0.25, 0.3) is 22.4 Å². The van der Waals surface area contributed by atoms with E-state index in [2.05, 4.69) is 12.2 Å². The summed E-state index contributed by atoms with van der Waals surface area (Å²) < 4.78 is 1.62. The largest absolute Gasteiger partial charge is 0.356 e. The molecule has 0 radical (unpaired) electrons. The van der Waals surface area contributed by atoms with Gasteiger partial charge in [-0.25, -0.2) is 14.6 Å². The van der Waals surface area contributed by atoms with Crippen LogP contribution in [0.5, 0.6) is 0 Å². The second-order valence-corrected chi connectivity index (χ2v) is 6.42. The van der Waals surface area contributed by atoms with E-state index in [4.69, 9.17) is 15.8 Å². The van der Waals surface area contributed by atoms with Crippen LogP contribution in [0, 0.1) is 13.8 Å². The third-order valence-electron chi connectivity index (χ3n) is 4.58. The van der Waals surface area contributed by atoms with Gasteiger partial charge in [-0.1, -0.05) is 37.3 Å².